The summed E-state index contributed by atoms with van der Waals surface area (Å²) >= 11 is 0. The second-order valence-corrected chi connectivity index (χ2v) is 6.29. The summed E-state index contributed by atoms with van der Waals surface area (Å²) in [4.78, 5) is 4.34. The van der Waals surface area contributed by atoms with Crippen LogP contribution in [0.15, 0.2) is 30.5 Å². The Hall–Kier alpha value is -1.52. The largest absolute Gasteiger partial charge is 0.383 e. The van der Waals surface area contributed by atoms with E-state index in [0.29, 0.717) is 18.4 Å². The van der Waals surface area contributed by atoms with E-state index >= 15 is 0 Å². The number of hydrogen-bond acceptors (Lipinski definition) is 3. The first-order valence-corrected chi connectivity index (χ1v) is 7.97. The average molecular weight is 302 g/mol. The molecule has 1 heterocycles. The van der Waals surface area contributed by atoms with Gasteiger partial charge in [0.05, 0.1) is 12.1 Å². The molecule has 1 aliphatic carbocycles. The zero-order valence-corrected chi connectivity index (χ0v) is 13.0. The van der Waals surface area contributed by atoms with Gasteiger partial charge in [-0.25, -0.2) is 4.39 Å². The van der Waals surface area contributed by atoms with Crippen molar-refractivity contribution in [2.75, 3.05) is 13.7 Å². The van der Waals surface area contributed by atoms with Crippen LogP contribution in [0.25, 0.3) is 10.9 Å². The Morgan fingerprint density at radius 2 is 2.05 bits per heavy atom. The van der Waals surface area contributed by atoms with Crippen LogP contribution in [-0.2, 0) is 4.74 Å². The van der Waals surface area contributed by atoms with Gasteiger partial charge in [0.1, 0.15) is 5.82 Å². The molecule has 2 N–H and O–H groups in total. The van der Waals surface area contributed by atoms with E-state index in [2.05, 4.69) is 4.98 Å². The Labute approximate surface area is 130 Å². The predicted molar refractivity (Wildman–Crippen MR) is 86.3 cm³/mol. The first-order valence-electron chi connectivity index (χ1n) is 7.97. The summed E-state index contributed by atoms with van der Waals surface area (Å²) in [6, 6.07) is 7.01. The third-order valence-corrected chi connectivity index (χ3v) is 4.91. The van der Waals surface area contributed by atoms with E-state index in [4.69, 9.17) is 10.5 Å². The number of pyridine rings is 1. The second-order valence-electron chi connectivity index (χ2n) is 6.29. The molecule has 2 aromatic rings. The summed E-state index contributed by atoms with van der Waals surface area (Å²) in [7, 11) is 1.70. The van der Waals surface area contributed by atoms with Crippen molar-refractivity contribution in [3.8, 4) is 0 Å². The summed E-state index contributed by atoms with van der Waals surface area (Å²) in [6.45, 7) is 0.624. The van der Waals surface area contributed by atoms with Gasteiger partial charge in [0.15, 0.2) is 0 Å². The Morgan fingerprint density at radius 1 is 1.27 bits per heavy atom. The van der Waals surface area contributed by atoms with Crippen LogP contribution in [-0.4, -0.2) is 24.7 Å². The van der Waals surface area contributed by atoms with Gasteiger partial charge >= 0.3 is 0 Å². The van der Waals surface area contributed by atoms with Crippen molar-refractivity contribution >= 4 is 10.9 Å². The predicted octanol–water partition coefficient (Wildman–Crippen LogP) is 3.62. The molecular formula is C18H23FN2O. The lowest BCUT2D eigenvalue weighted by Gasteiger charge is -2.32. The van der Waals surface area contributed by atoms with Gasteiger partial charge in [-0.2, -0.15) is 0 Å². The van der Waals surface area contributed by atoms with Crippen LogP contribution in [0.4, 0.5) is 4.39 Å². The minimum Gasteiger partial charge on any atom is -0.383 e. The molecule has 1 aliphatic rings. The standard InChI is InChI=1S/C18H23FN2O/c1-22-11-17(20)13-4-2-12(3-5-13)15-8-9-21-18-7-6-14(19)10-16(15)18/h6-10,12-13,17H,2-5,11,20H2,1H3/t12-,13+,17?. The Balaban J connectivity index is 1.78. The molecule has 3 nitrogen and oxygen atoms in total. The lowest BCUT2D eigenvalue weighted by Crippen LogP contribution is -2.36. The maximum atomic E-state index is 13.6. The van der Waals surface area contributed by atoms with Crippen LogP contribution >= 0.6 is 0 Å². The Bertz CT molecular complexity index is 638. The highest BCUT2D eigenvalue weighted by Crippen LogP contribution is 2.39. The molecule has 1 fully saturated rings. The van der Waals surface area contributed by atoms with Gasteiger partial charge < -0.3 is 10.5 Å². The minimum atomic E-state index is -0.197. The molecule has 1 saturated carbocycles. The van der Waals surface area contributed by atoms with Crippen molar-refractivity contribution in [2.45, 2.75) is 37.6 Å². The molecule has 22 heavy (non-hydrogen) atoms. The van der Waals surface area contributed by atoms with Gasteiger partial charge in [-0.05, 0) is 67.3 Å². The van der Waals surface area contributed by atoms with Gasteiger partial charge in [-0.1, -0.05) is 0 Å². The summed E-state index contributed by atoms with van der Waals surface area (Å²) in [6.07, 6.45) is 6.23. The molecule has 1 atom stereocenters. The number of nitrogens with two attached hydrogens (primary N) is 1. The molecule has 0 saturated heterocycles. The first-order chi connectivity index (χ1) is 10.7. The van der Waals surface area contributed by atoms with Crippen molar-refractivity contribution < 1.29 is 9.13 Å². The normalized spacial score (nSPS) is 23.6. The average Bonchev–Trinajstić information content (AvgIpc) is 2.54. The van der Waals surface area contributed by atoms with Crippen LogP contribution in [0.5, 0.6) is 0 Å². The number of ether oxygens (including phenoxy) is 1. The molecule has 1 aromatic heterocycles. The van der Waals surface area contributed by atoms with Crippen LogP contribution < -0.4 is 5.73 Å². The molecular weight excluding hydrogens is 279 g/mol. The number of rotatable bonds is 4. The molecule has 0 aliphatic heterocycles. The number of aromatic nitrogens is 1. The summed E-state index contributed by atoms with van der Waals surface area (Å²) < 4.78 is 18.7. The van der Waals surface area contributed by atoms with Crippen molar-refractivity contribution in [1.29, 1.82) is 0 Å². The molecule has 0 spiro atoms. The third kappa shape index (κ3) is 3.13. The topological polar surface area (TPSA) is 48.1 Å². The summed E-state index contributed by atoms with van der Waals surface area (Å²) in [5, 5.41) is 0.951. The monoisotopic (exact) mass is 302 g/mol. The van der Waals surface area contributed by atoms with Crippen LogP contribution in [0.1, 0.15) is 37.2 Å². The number of methoxy groups -OCH3 is 1. The summed E-state index contributed by atoms with van der Waals surface area (Å²) in [5.74, 6) is 0.803. The highest BCUT2D eigenvalue weighted by molar-refractivity contribution is 5.82. The van der Waals surface area contributed by atoms with Gasteiger partial charge in [-0.3, -0.25) is 4.98 Å². The van der Waals surface area contributed by atoms with Crippen molar-refractivity contribution in [3.63, 3.8) is 0 Å². The van der Waals surface area contributed by atoms with Crippen LogP contribution in [0, 0.1) is 11.7 Å². The van der Waals surface area contributed by atoms with E-state index < -0.39 is 0 Å². The Kier molecular flexibility index (Phi) is 4.69. The number of halogens is 1. The van der Waals surface area contributed by atoms with E-state index in [0.717, 1.165) is 36.6 Å². The van der Waals surface area contributed by atoms with Crippen LogP contribution in [0.2, 0.25) is 0 Å². The van der Waals surface area contributed by atoms with Gasteiger partial charge in [0.25, 0.3) is 0 Å². The first kappa shape index (κ1) is 15.4. The number of fused-ring (bicyclic) bond motifs is 1. The molecule has 3 rings (SSSR count). The third-order valence-electron chi connectivity index (χ3n) is 4.91. The number of benzene rings is 1. The van der Waals surface area contributed by atoms with E-state index in [1.807, 2.05) is 12.3 Å². The van der Waals surface area contributed by atoms with Crippen molar-refractivity contribution in [1.82, 2.24) is 4.98 Å². The lowest BCUT2D eigenvalue weighted by molar-refractivity contribution is 0.141. The van der Waals surface area contributed by atoms with Gasteiger partial charge in [0, 0.05) is 24.7 Å². The van der Waals surface area contributed by atoms with Crippen LogP contribution in [0.3, 0.4) is 0 Å². The summed E-state index contributed by atoms with van der Waals surface area (Å²) in [5.41, 5.74) is 8.27. The fourth-order valence-electron chi connectivity index (χ4n) is 3.68. The zero-order valence-electron chi connectivity index (χ0n) is 13.0. The van der Waals surface area contributed by atoms with Crippen molar-refractivity contribution in [3.05, 3.63) is 41.8 Å². The smallest absolute Gasteiger partial charge is 0.123 e. The molecule has 1 unspecified atom stereocenters. The van der Waals surface area contributed by atoms with E-state index in [1.165, 1.54) is 11.6 Å². The Morgan fingerprint density at radius 3 is 2.77 bits per heavy atom. The molecule has 118 valence electrons. The van der Waals surface area contributed by atoms with Gasteiger partial charge in [-0.15, -0.1) is 0 Å². The fourth-order valence-corrected chi connectivity index (χ4v) is 3.68. The number of hydrogen-bond donors (Lipinski definition) is 1. The van der Waals surface area contributed by atoms with E-state index in [-0.39, 0.29) is 11.9 Å². The quantitative estimate of drug-likeness (QED) is 0.938. The highest BCUT2D eigenvalue weighted by atomic mass is 19.1. The van der Waals surface area contributed by atoms with E-state index in [9.17, 15) is 4.39 Å². The van der Waals surface area contributed by atoms with E-state index in [1.54, 1.807) is 19.2 Å². The SMILES string of the molecule is COCC(N)[C@H]1CC[C@@H](c2ccnc3ccc(F)cc32)CC1. The maximum Gasteiger partial charge on any atom is 0.123 e. The highest BCUT2D eigenvalue weighted by Gasteiger charge is 2.27. The molecule has 4 heteroatoms. The molecule has 0 amide bonds. The molecule has 1 aromatic carbocycles. The minimum absolute atomic E-state index is 0.123. The zero-order chi connectivity index (χ0) is 15.5. The lowest BCUT2D eigenvalue weighted by atomic mass is 9.75. The van der Waals surface area contributed by atoms with Crippen molar-refractivity contribution in [2.24, 2.45) is 11.7 Å². The fraction of sp³-hybridized carbons (Fsp3) is 0.500. The molecule has 0 bridgehead atoms. The van der Waals surface area contributed by atoms with Gasteiger partial charge in [0.2, 0.25) is 0 Å². The second kappa shape index (κ2) is 6.71. The molecule has 0 radical (unpaired) electrons. The maximum absolute atomic E-state index is 13.6. The number of nitrogens with zero attached hydrogens (tertiary/aromatic N) is 1.